The van der Waals surface area contributed by atoms with Gasteiger partial charge in [-0.1, -0.05) is 25.8 Å². The van der Waals surface area contributed by atoms with Gasteiger partial charge in [0.2, 0.25) is 5.91 Å². The molecule has 0 aromatic carbocycles. The van der Waals surface area contributed by atoms with E-state index >= 15 is 0 Å². The van der Waals surface area contributed by atoms with E-state index < -0.39 is 0 Å². The normalized spacial score (nSPS) is 18.8. The summed E-state index contributed by atoms with van der Waals surface area (Å²) in [5, 5.41) is 5.12. The minimum absolute atomic E-state index is 0.241. The van der Waals surface area contributed by atoms with E-state index in [1.165, 1.54) is 24.1 Å². The molecule has 0 N–H and O–H groups in total. The molecule has 1 amide bonds. The summed E-state index contributed by atoms with van der Waals surface area (Å²) in [4.78, 5) is 20.5. The molecule has 0 spiro atoms. The van der Waals surface area contributed by atoms with E-state index in [1.54, 1.807) is 22.7 Å². The zero-order chi connectivity index (χ0) is 16.1. The van der Waals surface area contributed by atoms with Crippen LogP contribution in [0.4, 0.5) is 0 Å². The molecule has 124 valence electrons. The summed E-state index contributed by atoms with van der Waals surface area (Å²) in [6.45, 7) is 4.09. The van der Waals surface area contributed by atoms with Gasteiger partial charge in [0.1, 0.15) is 5.01 Å². The van der Waals surface area contributed by atoms with E-state index in [1.807, 2.05) is 11.4 Å². The average molecular weight is 349 g/mol. The van der Waals surface area contributed by atoms with Crippen molar-refractivity contribution in [1.29, 1.82) is 0 Å². The van der Waals surface area contributed by atoms with Gasteiger partial charge < -0.3 is 4.90 Å². The van der Waals surface area contributed by atoms with Crippen molar-refractivity contribution in [3.05, 3.63) is 28.6 Å². The number of amides is 1. The number of likely N-dealkylation sites (tertiary alicyclic amines) is 1. The fraction of sp³-hybridized carbons (Fsp3) is 0.556. The highest BCUT2D eigenvalue weighted by Crippen LogP contribution is 2.28. The summed E-state index contributed by atoms with van der Waals surface area (Å²) in [7, 11) is 0. The number of carbonyl (C=O) groups excluding carboxylic acids is 1. The first kappa shape index (κ1) is 16.7. The van der Waals surface area contributed by atoms with Crippen molar-refractivity contribution in [1.82, 2.24) is 9.88 Å². The Labute approximate surface area is 146 Å². The first-order valence-electron chi connectivity index (χ1n) is 8.52. The largest absolute Gasteiger partial charge is 0.342 e. The van der Waals surface area contributed by atoms with Gasteiger partial charge in [0, 0.05) is 18.5 Å². The molecule has 1 saturated heterocycles. The Morgan fingerprint density at radius 3 is 3.04 bits per heavy atom. The molecule has 23 heavy (non-hydrogen) atoms. The lowest BCUT2D eigenvalue weighted by Crippen LogP contribution is -2.33. The predicted octanol–water partition coefficient (Wildman–Crippen LogP) is 4.84. The van der Waals surface area contributed by atoms with Crippen LogP contribution in [0.25, 0.3) is 9.88 Å². The van der Waals surface area contributed by atoms with Crippen molar-refractivity contribution >= 4 is 28.6 Å². The number of rotatable bonds is 5. The molecule has 2 aromatic rings. The summed E-state index contributed by atoms with van der Waals surface area (Å²) < 4.78 is 0. The molecule has 0 radical (unpaired) electrons. The summed E-state index contributed by atoms with van der Waals surface area (Å²) in [5.74, 6) is 1.05. The predicted molar refractivity (Wildman–Crippen MR) is 98.0 cm³/mol. The van der Waals surface area contributed by atoms with Crippen molar-refractivity contribution in [3.8, 4) is 9.88 Å². The van der Waals surface area contributed by atoms with Gasteiger partial charge in [0.05, 0.1) is 17.0 Å². The molecule has 1 aliphatic heterocycles. The van der Waals surface area contributed by atoms with E-state index in [-0.39, 0.29) is 5.91 Å². The van der Waals surface area contributed by atoms with Gasteiger partial charge in [0.15, 0.2) is 0 Å². The van der Waals surface area contributed by atoms with Crippen LogP contribution < -0.4 is 0 Å². The number of carbonyl (C=O) groups is 1. The summed E-state index contributed by atoms with van der Waals surface area (Å²) in [5.41, 5.74) is 0.915. The fourth-order valence-electron chi connectivity index (χ4n) is 3.28. The van der Waals surface area contributed by atoms with Crippen LogP contribution in [0.2, 0.25) is 0 Å². The maximum atomic E-state index is 12.6. The molecule has 0 saturated carbocycles. The Hall–Kier alpha value is -1.20. The average Bonchev–Trinajstić information content (AvgIpc) is 3.16. The van der Waals surface area contributed by atoms with Crippen LogP contribution in [0.15, 0.2) is 22.9 Å². The van der Waals surface area contributed by atoms with Crippen LogP contribution in [-0.2, 0) is 11.2 Å². The third-order valence-corrected chi connectivity index (χ3v) is 6.44. The molecule has 1 unspecified atom stereocenters. The lowest BCUT2D eigenvalue weighted by atomic mass is 9.96. The van der Waals surface area contributed by atoms with E-state index in [0.29, 0.717) is 6.42 Å². The Morgan fingerprint density at radius 2 is 2.26 bits per heavy atom. The molecule has 3 nitrogen and oxygen atoms in total. The quantitative estimate of drug-likeness (QED) is 0.774. The van der Waals surface area contributed by atoms with Gasteiger partial charge in [-0.15, -0.1) is 22.7 Å². The molecule has 1 fully saturated rings. The van der Waals surface area contributed by atoms with Gasteiger partial charge in [-0.05, 0) is 36.6 Å². The second-order valence-electron chi connectivity index (χ2n) is 6.26. The van der Waals surface area contributed by atoms with Gasteiger partial charge >= 0.3 is 0 Å². The van der Waals surface area contributed by atoms with E-state index in [0.717, 1.165) is 42.6 Å². The number of hydrogen-bond donors (Lipinski definition) is 0. The van der Waals surface area contributed by atoms with Crippen LogP contribution in [-0.4, -0.2) is 28.9 Å². The monoisotopic (exact) mass is 348 g/mol. The highest BCUT2D eigenvalue weighted by atomic mass is 32.1. The lowest BCUT2D eigenvalue weighted by molar-refractivity contribution is -0.130. The summed E-state index contributed by atoms with van der Waals surface area (Å²) >= 11 is 3.33. The van der Waals surface area contributed by atoms with Crippen molar-refractivity contribution in [3.63, 3.8) is 0 Å². The zero-order valence-corrected chi connectivity index (χ0v) is 15.3. The van der Waals surface area contributed by atoms with Gasteiger partial charge in [-0.25, -0.2) is 4.98 Å². The smallest absolute Gasteiger partial charge is 0.228 e. The summed E-state index contributed by atoms with van der Waals surface area (Å²) in [6.07, 6.45) is 6.59. The Kier molecular flexibility index (Phi) is 5.84. The van der Waals surface area contributed by atoms with E-state index in [2.05, 4.69) is 28.3 Å². The highest BCUT2D eigenvalue weighted by molar-refractivity contribution is 7.20. The highest BCUT2D eigenvalue weighted by Gasteiger charge is 2.21. The van der Waals surface area contributed by atoms with E-state index in [9.17, 15) is 4.79 Å². The van der Waals surface area contributed by atoms with Gasteiger partial charge in [-0.3, -0.25) is 4.79 Å². The number of thiophene rings is 1. The molecule has 3 heterocycles. The second kappa shape index (κ2) is 8.06. The second-order valence-corrected chi connectivity index (χ2v) is 8.07. The number of hydrogen-bond acceptors (Lipinski definition) is 4. The molecule has 3 rings (SSSR count). The molecule has 2 aromatic heterocycles. The van der Waals surface area contributed by atoms with Gasteiger partial charge in [0.25, 0.3) is 0 Å². The van der Waals surface area contributed by atoms with Crippen LogP contribution in [0, 0.1) is 5.92 Å². The Morgan fingerprint density at radius 1 is 1.35 bits per heavy atom. The van der Waals surface area contributed by atoms with Gasteiger partial charge in [-0.2, -0.15) is 0 Å². The minimum atomic E-state index is 0.241. The molecule has 1 aliphatic rings. The molecule has 1 atom stereocenters. The number of nitrogens with zero attached hydrogens (tertiary/aromatic N) is 2. The number of aromatic nitrogens is 1. The first-order chi connectivity index (χ1) is 11.3. The molecule has 0 aliphatic carbocycles. The van der Waals surface area contributed by atoms with Crippen molar-refractivity contribution in [2.24, 2.45) is 5.92 Å². The SMILES string of the molecule is CCCC1CCCN(C(=O)Cc2csc(-c3cccs3)n2)CC1. The lowest BCUT2D eigenvalue weighted by Gasteiger charge is -2.20. The van der Waals surface area contributed by atoms with Crippen LogP contribution in [0.1, 0.15) is 44.7 Å². The molecular weight excluding hydrogens is 324 g/mol. The third kappa shape index (κ3) is 4.42. The molecule has 0 bridgehead atoms. The number of thiazole rings is 1. The summed E-state index contributed by atoms with van der Waals surface area (Å²) in [6, 6.07) is 4.12. The minimum Gasteiger partial charge on any atom is -0.342 e. The van der Waals surface area contributed by atoms with Crippen molar-refractivity contribution < 1.29 is 4.79 Å². The first-order valence-corrected chi connectivity index (χ1v) is 10.3. The Balaban J connectivity index is 1.56. The van der Waals surface area contributed by atoms with Crippen molar-refractivity contribution in [2.45, 2.75) is 45.4 Å². The third-order valence-electron chi connectivity index (χ3n) is 4.51. The maximum Gasteiger partial charge on any atom is 0.228 e. The molecular formula is C18H24N2OS2. The fourth-order valence-corrected chi connectivity index (χ4v) is 4.91. The van der Waals surface area contributed by atoms with Crippen molar-refractivity contribution in [2.75, 3.05) is 13.1 Å². The Bertz CT molecular complexity index is 621. The topological polar surface area (TPSA) is 33.2 Å². The van der Waals surface area contributed by atoms with Crippen LogP contribution >= 0.6 is 22.7 Å². The van der Waals surface area contributed by atoms with Crippen LogP contribution in [0.3, 0.4) is 0 Å². The van der Waals surface area contributed by atoms with Crippen LogP contribution in [0.5, 0.6) is 0 Å². The maximum absolute atomic E-state index is 12.6. The molecule has 5 heteroatoms. The van der Waals surface area contributed by atoms with E-state index in [4.69, 9.17) is 0 Å². The zero-order valence-electron chi connectivity index (χ0n) is 13.7. The standard InChI is InChI=1S/C18H24N2OS2/c1-2-5-14-6-3-9-20(10-8-14)17(21)12-15-13-23-18(19-15)16-7-4-11-22-16/h4,7,11,13-14H,2-3,5-6,8-10,12H2,1H3.